The number of hydrogen-bond acceptors (Lipinski definition) is 3. The lowest BCUT2D eigenvalue weighted by Gasteiger charge is -2.33. The van der Waals surface area contributed by atoms with Crippen LogP contribution in [0.15, 0.2) is 46.8 Å². The van der Waals surface area contributed by atoms with E-state index in [1.807, 2.05) is 36.6 Å². The summed E-state index contributed by atoms with van der Waals surface area (Å²) >= 11 is 7.85. The second-order valence-electron chi connectivity index (χ2n) is 6.24. The molecule has 4 nitrogen and oxygen atoms in total. The van der Waals surface area contributed by atoms with Crippen LogP contribution >= 0.6 is 22.9 Å². The molecule has 1 aliphatic heterocycles. The lowest BCUT2D eigenvalue weighted by Crippen LogP contribution is -2.49. The van der Waals surface area contributed by atoms with Crippen molar-refractivity contribution in [3.05, 3.63) is 52.4 Å². The van der Waals surface area contributed by atoms with Gasteiger partial charge in [0.05, 0.1) is 5.00 Å². The number of thiophene rings is 1. The van der Waals surface area contributed by atoms with Gasteiger partial charge in [0.2, 0.25) is 0 Å². The summed E-state index contributed by atoms with van der Waals surface area (Å²) in [5.74, 6) is 0.886. The van der Waals surface area contributed by atoms with Crippen molar-refractivity contribution in [3.8, 4) is 0 Å². The first-order valence-electron chi connectivity index (χ1n) is 8.74. The van der Waals surface area contributed by atoms with Gasteiger partial charge >= 0.3 is 0 Å². The Bertz CT molecular complexity index is 678. The third kappa shape index (κ3) is 5.38. The highest BCUT2D eigenvalue weighted by molar-refractivity contribution is 7.14. The van der Waals surface area contributed by atoms with Crippen LogP contribution in [0.25, 0.3) is 0 Å². The number of hydrogen-bond donors (Lipinski definition) is 2. The lowest BCUT2D eigenvalue weighted by atomic mass is 10.1. The lowest BCUT2D eigenvalue weighted by molar-refractivity contribution is 0.463. The van der Waals surface area contributed by atoms with Crippen molar-refractivity contribution in [2.75, 3.05) is 31.6 Å². The van der Waals surface area contributed by atoms with Gasteiger partial charge in [0, 0.05) is 37.7 Å². The highest BCUT2D eigenvalue weighted by Gasteiger charge is 2.20. The summed E-state index contributed by atoms with van der Waals surface area (Å²) in [4.78, 5) is 6.83. The minimum atomic E-state index is 0.480. The van der Waals surface area contributed by atoms with Crippen molar-refractivity contribution in [1.82, 2.24) is 10.6 Å². The molecule has 2 aromatic rings. The van der Waals surface area contributed by atoms with Gasteiger partial charge in [0.1, 0.15) is 0 Å². The van der Waals surface area contributed by atoms with Crippen molar-refractivity contribution < 1.29 is 0 Å². The molecule has 1 aromatic heterocycles. The number of aliphatic imine (C=N–C) groups is 1. The van der Waals surface area contributed by atoms with E-state index < -0.39 is 0 Å². The van der Waals surface area contributed by atoms with E-state index in [1.54, 1.807) is 0 Å². The quantitative estimate of drug-likeness (QED) is 0.616. The Labute approximate surface area is 158 Å². The Hall–Kier alpha value is -1.72. The van der Waals surface area contributed by atoms with E-state index in [9.17, 15) is 0 Å². The minimum absolute atomic E-state index is 0.480. The molecule has 0 bridgehead atoms. The molecule has 0 spiro atoms. The predicted octanol–water partition coefficient (Wildman–Crippen LogP) is 3.78. The molecule has 2 heterocycles. The fourth-order valence-corrected chi connectivity index (χ4v) is 4.10. The average Bonchev–Trinajstić information content (AvgIpc) is 3.16. The first-order chi connectivity index (χ1) is 12.2. The topological polar surface area (TPSA) is 39.7 Å². The number of nitrogens with one attached hydrogen (secondary N) is 2. The number of halogens is 1. The molecule has 0 unspecified atom stereocenters. The van der Waals surface area contributed by atoms with Gasteiger partial charge < -0.3 is 15.5 Å². The fourth-order valence-electron chi connectivity index (χ4n) is 3.10. The molecule has 0 atom stereocenters. The SMILES string of the molecule is CN=C(NCCc1cccc(Cl)c1)NC1CCN(c2cccs2)CC1. The highest BCUT2D eigenvalue weighted by Crippen LogP contribution is 2.24. The number of benzene rings is 1. The van der Waals surface area contributed by atoms with Crippen molar-refractivity contribution in [1.29, 1.82) is 0 Å². The average molecular weight is 377 g/mol. The Kier molecular flexibility index (Phi) is 6.59. The normalized spacial score (nSPS) is 16.1. The Morgan fingerprint density at radius 2 is 2.12 bits per heavy atom. The van der Waals surface area contributed by atoms with Crippen molar-refractivity contribution in [3.63, 3.8) is 0 Å². The van der Waals surface area contributed by atoms with Gasteiger partial charge in [-0.25, -0.2) is 0 Å². The van der Waals surface area contributed by atoms with E-state index in [4.69, 9.17) is 11.6 Å². The Morgan fingerprint density at radius 1 is 1.28 bits per heavy atom. The minimum Gasteiger partial charge on any atom is -0.363 e. The van der Waals surface area contributed by atoms with Gasteiger partial charge in [-0.1, -0.05) is 23.7 Å². The van der Waals surface area contributed by atoms with Crippen molar-refractivity contribution in [2.45, 2.75) is 25.3 Å². The molecule has 134 valence electrons. The van der Waals surface area contributed by atoms with Crippen LogP contribution in [0.2, 0.25) is 5.02 Å². The zero-order valence-electron chi connectivity index (χ0n) is 14.5. The number of nitrogens with zero attached hydrogens (tertiary/aromatic N) is 2. The highest BCUT2D eigenvalue weighted by atomic mass is 35.5. The van der Waals surface area contributed by atoms with Crippen LogP contribution < -0.4 is 15.5 Å². The largest absolute Gasteiger partial charge is 0.363 e. The molecule has 0 amide bonds. The molecule has 1 saturated heterocycles. The Morgan fingerprint density at radius 3 is 2.80 bits per heavy atom. The molecule has 0 saturated carbocycles. The van der Waals surface area contributed by atoms with E-state index in [2.05, 4.69) is 44.1 Å². The molecule has 6 heteroatoms. The molecular formula is C19H25ClN4S. The zero-order chi connectivity index (χ0) is 17.5. The molecule has 25 heavy (non-hydrogen) atoms. The Balaban J connectivity index is 1.41. The van der Waals surface area contributed by atoms with Crippen molar-refractivity contribution >= 4 is 33.9 Å². The van der Waals surface area contributed by atoms with Crippen molar-refractivity contribution in [2.24, 2.45) is 4.99 Å². The molecule has 1 fully saturated rings. The van der Waals surface area contributed by atoms with Gasteiger partial charge in [-0.2, -0.15) is 0 Å². The summed E-state index contributed by atoms with van der Waals surface area (Å²) in [7, 11) is 1.83. The third-order valence-electron chi connectivity index (χ3n) is 4.47. The smallest absolute Gasteiger partial charge is 0.191 e. The molecular weight excluding hydrogens is 352 g/mol. The maximum absolute atomic E-state index is 6.03. The van der Waals surface area contributed by atoms with E-state index in [0.717, 1.165) is 49.9 Å². The fraction of sp³-hybridized carbons (Fsp3) is 0.421. The number of piperidine rings is 1. The van der Waals surface area contributed by atoms with Gasteiger partial charge in [-0.05, 0) is 54.5 Å². The molecule has 0 radical (unpaired) electrons. The number of guanidine groups is 1. The summed E-state index contributed by atoms with van der Waals surface area (Å²) in [6.45, 7) is 3.03. The molecule has 1 aliphatic rings. The van der Waals surface area contributed by atoms with Gasteiger partial charge in [-0.15, -0.1) is 11.3 Å². The standard InChI is InChI=1S/C19H25ClN4S/c1-21-19(22-10-7-15-4-2-5-16(20)14-15)23-17-8-11-24(12-9-17)18-6-3-13-25-18/h2-6,13-14,17H,7-12H2,1H3,(H2,21,22,23). The van der Waals surface area contributed by atoms with E-state index in [0.29, 0.717) is 6.04 Å². The maximum Gasteiger partial charge on any atom is 0.191 e. The first kappa shape index (κ1) is 18.1. The zero-order valence-corrected chi connectivity index (χ0v) is 16.1. The van der Waals surface area contributed by atoms with Gasteiger partial charge in [0.15, 0.2) is 5.96 Å². The second-order valence-corrected chi connectivity index (χ2v) is 7.60. The summed E-state index contributed by atoms with van der Waals surface area (Å²) in [5, 5.41) is 11.3. The number of rotatable bonds is 5. The van der Waals surface area contributed by atoms with Gasteiger partial charge in [-0.3, -0.25) is 4.99 Å². The van der Waals surface area contributed by atoms with Crippen LogP contribution in [0.5, 0.6) is 0 Å². The van der Waals surface area contributed by atoms with E-state index >= 15 is 0 Å². The summed E-state index contributed by atoms with van der Waals surface area (Å²) in [6, 6.07) is 12.8. The van der Waals surface area contributed by atoms with Gasteiger partial charge in [0.25, 0.3) is 0 Å². The van der Waals surface area contributed by atoms with E-state index in [1.165, 1.54) is 10.6 Å². The summed E-state index contributed by atoms with van der Waals surface area (Å²) < 4.78 is 0. The van der Waals surface area contributed by atoms with Crippen LogP contribution in [0.1, 0.15) is 18.4 Å². The molecule has 2 N–H and O–H groups in total. The number of anilines is 1. The van der Waals surface area contributed by atoms with Crippen LogP contribution in [0, 0.1) is 0 Å². The third-order valence-corrected chi connectivity index (χ3v) is 5.64. The molecule has 0 aliphatic carbocycles. The van der Waals surface area contributed by atoms with Crippen LogP contribution in [0.4, 0.5) is 5.00 Å². The summed E-state index contributed by atoms with van der Waals surface area (Å²) in [5.41, 5.74) is 1.24. The maximum atomic E-state index is 6.03. The van der Waals surface area contributed by atoms with E-state index in [-0.39, 0.29) is 0 Å². The van der Waals surface area contributed by atoms with Crippen LogP contribution in [-0.4, -0.2) is 38.7 Å². The summed E-state index contributed by atoms with van der Waals surface area (Å²) in [6.07, 6.45) is 3.19. The van der Waals surface area contributed by atoms with Crippen LogP contribution in [0.3, 0.4) is 0 Å². The molecule has 3 rings (SSSR count). The molecule has 1 aromatic carbocycles. The first-order valence-corrected chi connectivity index (χ1v) is 10.0. The monoisotopic (exact) mass is 376 g/mol. The second kappa shape index (κ2) is 9.11. The predicted molar refractivity (Wildman–Crippen MR) is 109 cm³/mol. The van der Waals surface area contributed by atoms with Crippen LogP contribution in [-0.2, 0) is 6.42 Å².